The van der Waals surface area contributed by atoms with Gasteiger partial charge in [0.15, 0.2) is 6.61 Å². The Labute approximate surface area is 212 Å². The molecule has 0 aromatic heterocycles. The molecule has 0 aliphatic heterocycles. The molecule has 3 aromatic carbocycles. The van der Waals surface area contributed by atoms with Crippen LogP contribution in [0.4, 0.5) is 5.69 Å². The first-order valence-electron chi connectivity index (χ1n) is 10.5. The summed E-state index contributed by atoms with van der Waals surface area (Å²) in [6, 6.07) is 21.0. The van der Waals surface area contributed by atoms with Gasteiger partial charge in [-0.2, -0.15) is 5.10 Å². The molecule has 0 aliphatic rings. The lowest BCUT2D eigenvalue weighted by molar-refractivity contribution is -0.136. The molecule has 0 unspecified atom stereocenters. The number of carbonyl (C=O) groups is 3. The lowest BCUT2D eigenvalue weighted by Gasteiger charge is -2.08. The van der Waals surface area contributed by atoms with Crippen molar-refractivity contribution in [3.8, 4) is 5.75 Å². The van der Waals surface area contributed by atoms with Crippen molar-refractivity contribution in [1.29, 1.82) is 0 Å². The van der Waals surface area contributed by atoms with Gasteiger partial charge in [-0.15, -0.1) is 0 Å². The Morgan fingerprint density at radius 2 is 1.63 bits per heavy atom. The summed E-state index contributed by atoms with van der Waals surface area (Å²) in [6.07, 6.45) is 2.11. The summed E-state index contributed by atoms with van der Waals surface area (Å²) < 4.78 is 5.48. The molecule has 35 heavy (non-hydrogen) atoms. The molecule has 0 fully saturated rings. The van der Waals surface area contributed by atoms with Gasteiger partial charge in [-0.25, -0.2) is 5.43 Å². The maximum absolute atomic E-state index is 11.9. The zero-order valence-electron chi connectivity index (χ0n) is 18.5. The number of nitrogens with one attached hydrogen (secondary N) is 3. The minimum atomic E-state index is -0.953. The van der Waals surface area contributed by atoms with Crippen molar-refractivity contribution in [2.75, 3.05) is 18.5 Å². The second-order valence-electron chi connectivity index (χ2n) is 7.23. The predicted molar refractivity (Wildman–Crippen MR) is 136 cm³/mol. The highest BCUT2D eigenvalue weighted by molar-refractivity contribution is 6.43. The molecule has 0 bridgehead atoms. The minimum absolute atomic E-state index is 0.105. The number of rotatable bonds is 9. The summed E-state index contributed by atoms with van der Waals surface area (Å²) in [6.45, 7) is 0.422. The van der Waals surface area contributed by atoms with E-state index in [4.69, 9.17) is 27.9 Å². The number of halogens is 2. The van der Waals surface area contributed by atoms with Gasteiger partial charge in [-0.05, 0) is 60.0 Å². The molecule has 3 rings (SSSR count). The first kappa shape index (κ1) is 25.7. The van der Waals surface area contributed by atoms with Crippen LogP contribution in [0, 0.1) is 0 Å². The quantitative estimate of drug-likeness (QED) is 0.230. The minimum Gasteiger partial charge on any atom is -0.484 e. The number of benzene rings is 3. The van der Waals surface area contributed by atoms with Crippen molar-refractivity contribution in [2.24, 2.45) is 5.10 Å². The fourth-order valence-corrected chi connectivity index (χ4v) is 3.12. The Bertz CT molecular complexity index is 1200. The van der Waals surface area contributed by atoms with Gasteiger partial charge in [0.25, 0.3) is 5.91 Å². The number of hydrazone groups is 1. The molecule has 3 aromatic rings. The summed E-state index contributed by atoms with van der Waals surface area (Å²) in [5, 5.41) is 9.54. The molecule has 0 aliphatic carbocycles. The van der Waals surface area contributed by atoms with Crippen LogP contribution in [0.1, 0.15) is 11.1 Å². The highest BCUT2D eigenvalue weighted by atomic mass is 35.5. The first-order valence-corrected chi connectivity index (χ1v) is 11.3. The maximum atomic E-state index is 11.9. The Kier molecular flexibility index (Phi) is 9.65. The van der Waals surface area contributed by atoms with E-state index in [1.165, 1.54) is 24.4 Å². The maximum Gasteiger partial charge on any atom is 0.329 e. The number of anilines is 1. The molecule has 0 saturated carbocycles. The highest BCUT2D eigenvalue weighted by Crippen LogP contribution is 2.24. The molecular weight excluding hydrogens is 491 g/mol. The molecule has 0 heterocycles. The SMILES string of the molecule is O=C(COc1ccc(/C=N\NC(=O)C(=O)Nc2ccc(Cl)c(Cl)c2)cc1)NCCc1ccccc1. The predicted octanol–water partition coefficient (Wildman–Crippen LogP) is 3.82. The highest BCUT2D eigenvalue weighted by Gasteiger charge is 2.13. The average molecular weight is 513 g/mol. The van der Waals surface area contributed by atoms with Crippen LogP contribution in [0.25, 0.3) is 0 Å². The molecular formula is C25H22Cl2N4O4. The van der Waals surface area contributed by atoms with Crippen molar-refractivity contribution in [1.82, 2.24) is 10.7 Å². The molecule has 0 saturated heterocycles. The van der Waals surface area contributed by atoms with Gasteiger partial charge in [0.2, 0.25) is 0 Å². The van der Waals surface area contributed by atoms with Gasteiger partial charge in [0.05, 0.1) is 16.3 Å². The fraction of sp³-hybridized carbons (Fsp3) is 0.120. The second kappa shape index (κ2) is 13.1. The number of hydrogen-bond donors (Lipinski definition) is 3. The van der Waals surface area contributed by atoms with Crippen LogP contribution in [0.15, 0.2) is 77.9 Å². The molecule has 10 heteroatoms. The molecule has 0 radical (unpaired) electrons. The van der Waals surface area contributed by atoms with E-state index in [1.54, 1.807) is 24.3 Å². The van der Waals surface area contributed by atoms with Gasteiger partial charge in [-0.3, -0.25) is 14.4 Å². The third-order valence-electron chi connectivity index (χ3n) is 4.59. The summed E-state index contributed by atoms with van der Waals surface area (Å²) >= 11 is 11.7. The third kappa shape index (κ3) is 8.77. The van der Waals surface area contributed by atoms with E-state index in [9.17, 15) is 14.4 Å². The smallest absolute Gasteiger partial charge is 0.329 e. The van der Waals surface area contributed by atoms with E-state index in [2.05, 4.69) is 21.2 Å². The van der Waals surface area contributed by atoms with Gasteiger partial charge in [-0.1, -0.05) is 53.5 Å². The summed E-state index contributed by atoms with van der Waals surface area (Å²) in [5.41, 5.74) is 4.26. The molecule has 8 nitrogen and oxygen atoms in total. The van der Waals surface area contributed by atoms with Crippen LogP contribution < -0.4 is 20.8 Å². The standard InChI is InChI=1S/C25H22Cl2N4O4/c26-21-11-8-19(14-22(21)27)30-24(33)25(34)31-29-15-18-6-9-20(10-7-18)35-16-23(32)28-13-12-17-4-2-1-3-5-17/h1-11,14-15H,12-13,16H2,(H,28,32)(H,30,33)(H,31,34)/b29-15-. The number of hydrogen-bond acceptors (Lipinski definition) is 5. The largest absolute Gasteiger partial charge is 0.484 e. The summed E-state index contributed by atoms with van der Waals surface area (Å²) in [7, 11) is 0. The monoisotopic (exact) mass is 512 g/mol. The van der Waals surface area contributed by atoms with E-state index in [-0.39, 0.29) is 17.5 Å². The Balaban J connectivity index is 1.37. The van der Waals surface area contributed by atoms with Crippen LogP contribution in [0.5, 0.6) is 5.75 Å². The van der Waals surface area contributed by atoms with Gasteiger partial charge < -0.3 is 15.4 Å². The average Bonchev–Trinajstić information content (AvgIpc) is 2.86. The fourth-order valence-electron chi connectivity index (χ4n) is 2.82. The normalized spacial score (nSPS) is 10.6. The zero-order valence-corrected chi connectivity index (χ0v) is 20.0. The van der Waals surface area contributed by atoms with Crippen molar-refractivity contribution in [3.63, 3.8) is 0 Å². The van der Waals surface area contributed by atoms with Crippen molar-refractivity contribution >= 4 is 52.8 Å². The number of amides is 3. The second-order valence-corrected chi connectivity index (χ2v) is 8.04. The number of carbonyl (C=O) groups excluding carboxylic acids is 3. The topological polar surface area (TPSA) is 109 Å². The van der Waals surface area contributed by atoms with Crippen LogP contribution in [-0.2, 0) is 20.8 Å². The van der Waals surface area contributed by atoms with Crippen LogP contribution in [-0.4, -0.2) is 37.1 Å². The van der Waals surface area contributed by atoms with Gasteiger partial charge in [0.1, 0.15) is 5.75 Å². The van der Waals surface area contributed by atoms with E-state index in [0.29, 0.717) is 28.6 Å². The molecule has 180 valence electrons. The summed E-state index contributed by atoms with van der Waals surface area (Å²) in [4.78, 5) is 35.8. The van der Waals surface area contributed by atoms with E-state index >= 15 is 0 Å². The van der Waals surface area contributed by atoms with Crippen LogP contribution in [0.2, 0.25) is 10.0 Å². The molecule has 3 N–H and O–H groups in total. The zero-order chi connectivity index (χ0) is 25.0. The molecule has 0 atom stereocenters. The first-order chi connectivity index (χ1) is 16.9. The Hall–Kier alpha value is -3.88. The van der Waals surface area contributed by atoms with Gasteiger partial charge >= 0.3 is 11.8 Å². The van der Waals surface area contributed by atoms with Gasteiger partial charge in [0, 0.05) is 12.2 Å². The molecule has 3 amide bonds. The van der Waals surface area contributed by atoms with Crippen LogP contribution in [0.3, 0.4) is 0 Å². The van der Waals surface area contributed by atoms with Crippen molar-refractivity contribution < 1.29 is 19.1 Å². The van der Waals surface area contributed by atoms with E-state index in [1.807, 2.05) is 30.3 Å². The number of nitrogens with zero attached hydrogens (tertiary/aromatic N) is 1. The van der Waals surface area contributed by atoms with Crippen molar-refractivity contribution in [3.05, 3.63) is 94.0 Å². The lowest BCUT2D eigenvalue weighted by Crippen LogP contribution is -2.32. The third-order valence-corrected chi connectivity index (χ3v) is 5.33. The summed E-state index contributed by atoms with van der Waals surface area (Å²) in [5.74, 6) is -1.57. The van der Waals surface area contributed by atoms with E-state index < -0.39 is 11.8 Å². The van der Waals surface area contributed by atoms with E-state index in [0.717, 1.165) is 12.0 Å². The molecule has 0 spiro atoms. The Morgan fingerprint density at radius 3 is 2.34 bits per heavy atom. The Morgan fingerprint density at radius 1 is 0.886 bits per heavy atom. The number of ether oxygens (including phenoxy) is 1. The van der Waals surface area contributed by atoms with Crippen LogP contribution >= 0.6 is 23.2 Å². The lowest BCUT2D eigenvalue weighted by atomic mass is 10.1. The van der Waals surface area contributed by atoms with Crippen molar-refractivity contribution in [2.45, 2.75) is 6.42 Å².